The number of fused-ring (bicyclic) bond motifs is 1. The Bertz CT molecular complexity index is 317. The van der Waals surface area contributed by atoms with Gasteiger partial charge in [0.15, 0.2) is 11.6 Å². The highest BCUT2D eigenvalue weighted by atomic mass is 19.2. The van der Waals surface area contributed by atoms with Crippen molar-refractivity contribution in [2.75, 3.05) is 12.3 Å². The predicted molar refractivity (Wildman–Crippen MR) is 36.6 cm³/mol. The molecule has 1 aromatic rings. The van der Waals surface area contributed by atoms with Gasteiger partial charge in [-0.3, -0.25) is 5.48 Å². The summed E-state index contributed by atoms with van der Waals surface area (Å²) in [7, 11) is 0. The third kappa shape index (κ3) is 0.984. The second-order valence-electron chi connectivity index (χ2n) is 2.25. The van der Waals surface area contributed by atoms with Gasteiger partial charge in [-0.25, -0.2) is 9.23 Å². The Morgan fingerprint density at radius 2 is 2.17 bits per heavy atom. The van der Waals surface area contributed by atoms with Gasteiger partial charge in [0.25, 0.3) is 0 Å². The Labute approximate surface area is 66.9 Å². The lowest BCUT2D eigenvalue weighted by Gasteiger charge is -2.18. The fourth-order valence-electron chi connectivity index (χ4n) is 0.949. The fourth-order valence-corrected chi connectivity index (χ4v) is 0.949. The summed E-state index contributed by atoms with van der Waals surface area (Å²) in [6.07, 6.45) is 0. The molecule has 2 rings (SSSR count). The number of hydrogen-bond acceptors (Lipinski definition) is 3. The molecule has 1 heterocycles. The first kappa shape index (κ1) is 7.30. The molecule has 12 heavy (non-hydrogen) atoms. The third-order valence-electron chi connectivity index (χ3n) is 1.49. The van der Waals surface area contributed by atoms with Crippen LogP contribution in [0.15, 0.2) is 12.1 Å². The average Bonchev–Trinajstić information content (AvgIpc) is 2.12. The van der Waals surface area contributed by atoms with E-state index >= 15 is 0 Å². The van der Waals surface area contributed by atoms with Crippen molar-refractivity contribution in [1.82, 2.24) is 0 Å². The van der Waals surface area contributed by atoms with Crippen LogP contribution in [-0.4, -0.2) is 6.79 Å². The molecule has 0 fully saturated rings. The van der Waals surface area contributed by atoms with E-state index in [-0.39, 0.29) is 12.5 Å². The van der Waals surface area contributed by atoms with Crippen LogP contribution in [0.2, 0.25) is 0 Å². The first-order chi connectivity index (χ1) is 5.79. The SMILES string of the molecule is Fc1ccc2c(c1F)OCON2. The molecule has 0 aliphatic carbocycles. The summed E-state index contributed by atoms with van der Waals surface area (Å²) in [4.78, 5) is 4.63. The van der Waals surface area contributed by atoms with E-state index in [1.165, 1.54) is 6.07 Å². The lowest BCUT2D eigenvalue weighted by molar-refractivity contribution is 0.0300. The molecule has 1 aromatic carbocycles. The summed E-state index contributed by atoms with van der Waals surface area (Å²) < 4.78 is 30.2. The third-order valence-corrected chi connectivity index (χ3v) is 1.49. The van der Waals surface area contributed by atoms with Gasteiger partial charge in [-0.15, -0.1) is 0 Å². The van der Waals surface area contributed by atoms with E-state index in [1.54, 1.807) is 0 Å². The standard InChI is InChI=1S/C7H5F2NO2/c8-4-1-2-5-7(6(4)9)11-3-12-10-5/h1-2,10H,3H2. The van der Waals surface area contributed by atoms with Crippen LogP contribution in [0.25, 0.3) is 0 Å². The molecular weight excluding hydrogens is 168 g/mol. The first-order valence-corrected chi connectivity index (χ1v) is 3.27. The summed E-state index contributed by atoms with van der Waals surface area (Å²) in [5.41, 5.74) is 2.69. The molecule has 0 spiro atoms. The minimum atomic E-state index is -0.997. The maximum Gasteiger partial charge on any atom is 0.213 e. The van der Waals surface area contributed by atoms with Gasteiger partial charge in [-0.1, -0.05) is 0 Å². The number of halogens is 2. The lowest BCUT2D eigenvalue weighted by Crippen LogP contribution is -2.16. The number of benzene rings is 1. The number of hydrogen-bond donors (Lipinski definition) is 1. The van der Waals surface area contributed by atoms with Gasteiger partial charge in [0.1, 0.15) is 5.69 Å². The summed E-state index contributed by atoms with van der Waals surface area (Å²) in [6.45, 7) is -0.132. The number of nitrogens with one attached hydrogen (secondary N) is 1. The highest BCUT2D eigenvalue weighted by Gasteiger charge is 2.18. The molecule has 3 nitrogen and oxygen atoms in total. The van der Waals surface area contributed by atoms with Gasteiger partial charge in [0.05, 0.1) is 0 Å². The normalized spacial score (nSPS) is 14.5. The van der Waals surface area contributed by atoms with Crippen LogP contribution >= 0.6 is 0 Å². The highest BCUT2D eigenvalue weighted by molar-refractivity contribution is 5.56. The van der Waals surface area contributed by atoms with Gasteiger partial charge in [-0.05, 0) is 12.1 Å². The van der Waals surface area contributed by atoms with E-state index < -0.39 is 11.6 Å². The maximum absolute atomic E-state index is 12.9. The Hall–Kier alpha value is -1.36. The van der Waals surface area contributed by atoms with Crippen molar-refractivity contribution in [2.45, 2.75) is 0 Å². The largest absolute Gasteiger partial charge is 0.460 e. The Morgan fingerprint density at radius 3 is 3.00 bits per heavy atom. The highest BCUT2D eigenvalue weighted by Crippen LogP contribution is 2.31. The zero-order valence-corrected chi connectivity index (χ0v) is 5.93. The van der Waals surface area contributed by atoms with Crippen LogP contribution < -0.4 is 10.2 Å². The summed E-state index contributed by atoms with van der Waals surface area (Å²) in [5.74, 6) is -2.07. The molecule has 0 radical (unpaired) electrons. The molecule has 64 valence electrons. The summed E-state index contributed by atoms with van der Waals surface area (Å²) >= 11 is 0. The van der Waals surface area contributed by atoms with Crippen molar-refractivity contribution < 1.29 is 18.4 Å². The van der Waals surface area contributed by atoms with Gasteiger partial charge < -0.3 is 4.74 Å². The van der Waals surface area contributed by atoms with Crippen LogP contribution in [0.1, 0.15) is 0 Å². The summed E-state index contributed by atoms with van der Waals surface area (Å²) in [5, 5.41) is 0. The minimum absolute atomic E-state index is 0.132. The Kier molecular flexibility index (Phi) is 1.58. The molecule has 0 unspecified atom stereocenters. The molecule has 0 aromatic heterocycles. The number of ether oxygens (including phenoxy) is 1. The van der Waals surface area contributed by atoms with Crippen molar-refractivity contribution in [2.24, 2.45) is 0 Å². The van der Waals surface area contributed by atoms with Gasteiger partial charge in [-0.2, -0.15) is 4.39 Å². The molecule has 0 bridgehead atoms. The molecule has 0 atom stereocenters. The summed E-state index contributed by atoms with van der Waals surface area (Å²) in [6, 6.07) is 2.34. The molecule has 0 saturated carbocycles. The van der Waals surface area contributed by atoms with Crippen LogP contribution in [0, 0.1) is 11.6 Å². The first-order valence-electron chi connectivity index (χ1n) is 3.27. The smallest absolute Gasteiger partial charge is 0.213 e. The molecule has 1 aliphatic rings. The van der Waals surface area contributed by atoms with Crippen molar-refractivity contribution >= 4 is 5.69 Å². The predicted octanol–water partition coefficient (Wildman–Crippen LogP) is 1.66. The number of rotatable bonds is 0. The Morgan fingerprint density at radius 1 is 1.33 bits per heavy atom. The van der Waals surface area contributed by atoms with E-state index in [1.807, 2.05) is 0 Å². The molecule has 1 aliphatic heterocycles. The molecule has 1 N–H and O–H groups in total. The quantitative estimate of drug-likeness (QED) is 0.647. The topological polar surface area (TPSA) is 30.5 Å². The van der Waals surface area contributed by atoms with Crippen LogP contribution in [0.3, 0.4) is 0 Å². The maximum atomic E-state index is 12.9. The van der Waals surface area contributed by atoms with Crippen molar-refractivity contribution in [3.05, 3.63) is 23.8 Å². The molecular formula is C7H5F2NO2. The molecule has 0 saturated heterocycles. The van der Waals surface area contributed by atoms with E-state index in [2.05, 4.69) is 10.3 Å². The Balaban J connectivity index is 2.54. The molecule has 5 heteroatoms. The van der Waals surface area contributed by atoms with Crippen molar-refractivity contribution in [3.63, 3.8) is 0 Å². The average molecular weight is 173 g/mol. The van der Waals surface area contributed by atoms with Crippen molar-refractivity contribution in [3.8, 4) is 5.75 Å². The zero-order chi connectivity index (χ0) is 8.55. The van der Waals surface area contributed by atoms with E-state index in [9.17, 15) is 8.78 Å². The van der Waals surface area contributed by atoms with E-state index in [0.29, 0.717) is 5.69 Å². The van der Waals surface area contributed by atoms with Gasteiger partial charge in [0.2, 0.25) is 12.6 Å². The van der Waals surface area contributed by atoms with Crippen LogP contribution in [0.5, 0.6) is 5.75 Å². The van der Waals surface area contributed by atoms with E-state index in [4.69, 9.17) is 4.74 Å². The van der Waals surface area contributed by atoms with Crippen LogP contribution in [0.4, 0.5) is 14.5 Å². The number of anilines is 1. The fraction of sp³-hybridized carbons (Fsp3) is 0.143. The van der Waals surface area contributed by atoms with E-state index in [0.717, 1.165) is 6.07 Å². The lowest BCUT2D eigenvalue weighted by atomic mass is 10.2. The second kappa shape index (κ2) is 2.60. The van der Waals surface area contributed by atoms with Gasteiger partial charge >= 0.3 is 0 Å². The van der Waals surface area contributed by atoms with Crippen LogP contribution in [-0.2, 0) is 4.84 Å². The minimum Gasteiger partial charge on any atom is -0.460 e. The van der Waals surface area contributed by atoms with Gasteiger partial charge in [0, 0.05) is 0 Å². The van der Waals surface area contributed by atoms with Crippen molar-refractivity contribution in [1.29, 1.82) is 0 Å². The molecule has 0 amide bonds. The monoisotopic (exact) mass is 173 g/mol. The second-order valence-corrected chi connectivity index (χ2v) is 2.25. The zero-order valence-electron chi connectivity index (χ0n) is 5.93.